The molecule has 0 unspecified atom stereocenters. The third-order valence-electron chi connectivity index (χ3n) is 9.37. The largest absolute Gasteiger partial charge is 0.524 e. The number of esters is 1. The van der Waals surface area contributed by atoms with E-state index in [1.54, 1.807) is 33.8 Å². The highest BCUT2D eigenvalue weighted by Crippen LogP contribution is 2.45. The molecule has 2 aliphatic carbocycles. The van der Waals surface area contributed by atoms with E-state index in [-0.39, 0.29) is 53.5 Å². The van der Waals surface area contributed by atoms with Crippen molar-refractivity contribution in [3.8, 4) is 5.75 Å². The molecule has 4 N–H and O–H groups in total. The molecule has 5 rings (SSSR count). The number of phosphoric ester groups is 1. The van der Waals surface area contributed by atoms with Crippen LogP contribution in [0.4, 0.5) is 28.2 Å². The topological polar surface area (TPSA) is 205 Å². The van der Waals surface area contributed by atoms with Crippen LogP contribution in [0.15, 0.2) is 24.3 Å². The van der Waals surface area contributed by atoms with Gasteiger partial charge in [-0.3, -0.25) is 28.8 Å². The molecule has 2 fully saturated rings. The van der Waals surface area contributed by atoms with Gasteiger partial charge in [-0.2, -0.15) is 10.2 Å². The molecule has 0 spiro atoms. The van der Waals surface area contributed by atoms with Gasteiger partial charge in [-0.1, -0.05) is 19.9 Å². The molecule has 2 aliphatic rings. The molecule has 0 aliphatic heterocycles. The number of anilines is 1. The Morgan fingerprint density at radius 2 is 1.76 bits per heavy atom. The molecule has 0 bridgehead atoms. The zero-order valence-electron chi connectivity index (χ0n) is 30.9. The molecule has 55 heavy (non-hydrogen) atoms. The normalized spacial score (nSPS) is 19.5. The van der Waals surface area contributed by atoms with Crippen molar-refractivity contribution in [2.24, 2.45) is 7.05 Å². The van der Waals surface area contributed by atoms with E-state index in [9.17, 15) is 41.9 Å². The number of hydrogen-bond acceptors (Lipinski definition) is 10. The van der Waals surface area contributed by atoms with E-state index in [1.165, 1.54) is 19.2 Å². The predicted molar refractivity (Wildman–Crippen MR) is 184 cm³/mol. The highest BCUT2D eigenvalue weighted by Gasteiger charge is 2.43. The average molecular weight is 803 g/mol. The molecule has 21 heteroatoms. The first-order valence-electron chi connectivity index (χ1n) is 17.2. The molecular weight excluding hydrogens is 759 g/mol. The van der Waals surface area contributed by atoms with Gasteiger partial charge in [-0.25, -0.2) is 18.4 Å². The van der Waals surface area contributed by atoms with Crippen LogP contribution in [0.3, 0.4) is 0 Å². The Morgan fingerprint density at radius 1 is 1.07 bits per heavy atom. The van der Waals surface area contributed by atoms with Crippen LogP contribution >= 0.6 is 7.82 Å². The van der Waals surface area contributed by atoms with Crippen LogP contribution in [0.25, 0.3) is 0 Å². The third kappa shape index (κ3) is 11.0. The van der Waals surface area contributed by atoms with E-state index in [1.807, 2.05) is 6.92 Å². The Labute approximate surface area is 313 Å². The van der Waals surface area contributed by atoms with Crippen molar-refractivity contribution in [3.05, 3.63) is 58.0 Å². The monoisotopic (exact) mass is 802 g/mol. The van der Waals surface area contributed by atoms with Gasteiger partial charge < -0.3 is 24.6 Å². The molecule has 2 saturated carbocycles. The summed E-state index contributed by atoms with van der Waals surface area (Å²) in [6, 6.07) is 5.74. The lowest BCUT2D eigenvalue weighted by molar-refractivity contribution is -0.330. The summed E-state index contributed by atoms with van der Waals surface area (Å²) in [7, 11) is -3.62. The number of ether oxygens (including phenoxy) is 3. The number of rotatable bonds is 14. The summed E-state index contributed by atoms with van der Waals surface area (Å²) in [6.07, 6.45) is -7.02. The number of aromatic nitrogens is 4. The molecule has 2 aromatic heterocycles. The first-order valence-corrected chi connectivity index (χ1v) is 18.7. The second-order valence-corrected chi connectivity index (χ2v) is 16.0. The minimum Gasteiger partial charge on any atom is -0.443 e. The van der Waals surface area contributed by atoms with Crippen LogP contribution in [0.2, 0.25) is 0 Å². The number of carbonyl (C=O) groups is 3. The van der Waals surface area contributed by atoms with Gasteiger partial charge >= 0.3 is 26.2 Å². The summed E-state index contributed by atoms with van der Waals surface area (Å²) in [4.78, 5) is 58.1. The van der Waals surface area contributed by atoms with E-state index < -0.39 is 69.1 Å². The van der Waals surface area contributed by atoms with E-state index in [2.05, 4.69) is 25.6 Å². The Morgan fingerprint density at radius 3 is 2.40 bits per heavy atom. The van der Waals surface area contributed by atoms with E-state index >= 15 is 4.39 Å². The molecule has 0 saturated heterocycles. The van der Waals surface area contributed by atoms with Crippen LogP contribution in [0.5, 0.6) is 5.75 Å². The molecule has 3 aromatic rings. The number of hydrogen-bond donors (Lipinski definition) is 4. The fraction of sp³-hybridized carbons (Fsp3) is 0.559. The molecule has 2 heterocycles. The van der Waals surface area contributed by atoms with Crippen molar-refractivity contribution in [2.45, 2.75) is 116 Å². The second kappa shape index (κ2) is 15.5. The smallest absolute Gasteiger partial charge is 0.443 e. The van der Waals surface area contributed by atoms with Crippen LogP contribution in [0.1, 0.15) is 97.4 Å². The summed E-state index contributed by atoms with van der Waals surface area (Å²) >= 11 is 0. The minimum atomic E-state index is -4.96. The lowest BCUT2D eigenvalue weighted by Gasteiger charge is -2.29. The average Bonchev–Trinajstić information content (AvgIpc) is 3.30. The first-order chi connectivity index (χ1) is 25.4. The number of alkyl halides is 4. The third-order valence-corrected chi connectivity index (χ3v) is 9.80. The van der Waals surface area contributed by atoms with Crippen molar-refractivity contribution in [2.75, 3.05) is 5.32 Å². The molecular formula is C34H43F4N6O10P. The summed E-state index contributed by atoms with van der Waals surface area (Å²) in [5.41, 5.74) is 0.128. The van der Waals surface area contributed by atoms with E-state index in [4.69, 9.17) is 14.0 Å². The minimum absolute atomic E-state index is 0.0211. The van der Waals surface area contributed by atoms with Crippen molar-refractivity contribution in [3.63, 3.8) is 0 Å². The van der Waals surface area contributed by atoms with Gasteiger partial charge in [0.15, 0.2) is 6.73 Å². The van der Waals surface area contributed by atoms with Crippen LogP contribution in [0, 0.1) is 13.8 Å². The lowest BCUT2D eigenvalue weighted by atomic mass is 9.78. The summed E-state index contributed by atoms with van der Waals surface area (Å²) in [6.45, 7) is 7.08. The number of alkyl carbamates (subject to hydrolysis) is 1. The number of halogens is 4. The summed E-state index contributed by atoms with van der Waals surface area (Å²) < 4.78 is 86.6. The van der Waals surface area contributed by atoms with Crippen molar-refractivity contribution in [1.82, 2.24) is 24.9 Å². The number of carbonyl (C=O) groups excluding carboxylic acids is 3. The van der Waals surface area contributed by atoms with Crippen molar-refractivity contribution >= 4 is 31.6 Å². The van der Waals surface area contributed by atoms with E-state index in [0.717, 1.165) is 28.3 Å². The van der Waals surface area contributed by atoms with Crippen LogP contribution in [-0.2, 0) is 49.4 Å². The quantitative estimate of drug-likeness (QED) is 0.0877. The van der Waals surface area contributed by atoms with Gasteiger partial charge in [-0.15, -0.1) is 13.2 Å². The number of benzene rings is 1. The van der Waals surface area contributed by atoms with Gasteiger partial charge in [0, 0.05) is 35.5 Å². The van der Waals surface area contributed by atoms with Gasteiger partial charge in [0.25, 0.3) is 5.91 Å². The van der Waals surface area contributed by atoms with Crippen molar-refractivity contribution < 1.29 is 65.0 Å². The predicted octanol–water partition coefficient (Wildman–Crippen LogP) is 5.73. The Balaban J connectivity index is 1.35. The van der Waals surface area contributed by atoms with Gasteiger partial charge in [0.05, 0.1) is 17.8 Å². The molecule has 3 atom stereocenters. The molecule has 2 amide bonds. The molecule has 0 radical (unpaired) electrons. The molecule has 1 aromatic carbocycles. The zero-order chi connectivity index (χ0) is 40.7. The second-order valence-electron chi connectivity index (χ2n) is 14.8. The maximum absolute atomic E-state index is 15.2. The van der Waals surface area contributed by atoms with Crippen LogP contribution < -0.4 is 15.2 Å². The van der Waals surface area contributed by atoms with Crippen LogP contribution in [-0.4, -0.2) is 71.5 Å². The summed E-state index contributed by atoms with van der Waals surface area (Å²) in [5.74, 6) is -2.29. The molecule has 302 valence electrons. The Kier molecular flexibility index (Phi) is 11.8. The van der Waals surface area contributed by atoms with E-state index in [0.29, 0.717) is 16.7 Å². The highest BCUT2D eigenvalue weighted by molar-refractivity contribution is 7.46. The van der Waals surface area contributed by atoms with Gasteiger partial charge in [-0.05, 0) is 69.7 Å². The van der Waals surface area contributed by atoms with Gasteiger partial charge in [0.1, 0.15) is 36.1 Å². The fourth-order valence-corrected chi connectivity index (χ4v) is 7.05. The maximum atomic E-state index is 15.2. The number of phosphoric acid groups is 1. The highest BCUT2D eigenvalue weighted by atomic mass is 31.2. The zero-order valence-corrected chi connectivity index (χ0v) is 31.8. The number of nitrogens with one attached hydrogen (secondary N) is 2. The SMILES string of the molecule is Cc1cc(C)c(C(C)(C)CC(=O)OCn2nc([C@H]3C[C@@H](F)[C@@H](OC(=O)NC4(C)CC4)C3)cc2NC(=O)c2cc(COC(F)(F)F)nn2C)c(OP(=O)(O)O)c1. The summed E-state index contributed by atoms with van der Waals surface area (Å²) in [5, 5.41) is 13.7. The number of aryl methyl sites for hydroxylation is 3. The number of nitrogens with zero attached hydrogens (tertiary/aromatic N) is 4. The first kappa shape index (κ1) is 41.6. The fourth-order valence-electron chi connectivity index (χ4n) is 6.65. The number of amides is 2. The Hall–Kier alpha value is -4.52. The van der Waals surface area contributed by atoms with Gasteiger partial charge in [0.2, 0.25) is 0 Å². The standard InChI is InChI=1S/C34H43F4N6O10P/c1-18-9-19(2)29(26(10-18)54-55(48,49)50)32(3,4)15-28(45)51-17-44-27(39-30(46)24-13-21(41-43(24)6)16-52-34(36,37)38)14-23(42-44)20-11-22(35)25(12-20)53-31(47)40-33(5)7-8-33/h9-10,13-14,20,22,25H,7-8,11-12,15-17H2,1-6H3,(H,39,46)(H,40,47)(H2,48,49,50)/t20-,22+,25-/m0/s1. The maximum Gasteiger partial charge on any atom is 0.524 e. The Bertz CT molecular complexity index is 1990. The molecule has 16 nitrogen and oxygen atoms in total. The lowest BCUT2D eigenvalue weighted by Crippen LogP contribution is -2.38. The van der Waals surface area contributed by atoms with Crippen molar-refractivity contribution in [1.29, 1.82) is 0 Å².